The molecule has 3 rings (SSSR count). The third-order valence-corrected chi connectivity index (χ3v) is 6.59. The Labute approximate surface area is 217 Å². The molecule has 1 atom stereocenters. The van der Waals surface area contributed by atoms with E-state index in [0.29, 0.717) is 10.4 Å². The van der Waals surface area contributed by atoms with Gasteiger partial charge in [0.15, 0.2) is 0 Å². The van der Waals surface area contributed by atoms with Gasteiger partial charge in [0, 0.05) is 18.8 Å². The quantitative estimate of drug-likeness (QED) is 0.450. The summed E-state index contributed by atoms with van der Waals surface area (Å²) < 4.78 is 72.8. The van der Waals surface area contributed by atoms with Gasteiger partial charge in [-0.2, -0.15) is 13.2 Å². The van der Waals surface area contributed by atoms with Crippen LogP contribution in [0.25, 0.3) is 0 Å². The molecule has 1 fully saturated rings. The van der Waals surface area contributed by atoms with Gasteiger partial charge >= 0.3 is 6.18 Å². The second-order valence-electron chi connectivity index (χ2n) is 7.98. The molecule has 8 nitrogen and oxygen atoms in total. The Hall–Kier alpha value is -2.81. The number of carbonyl (C=O) groups is 3. The molecule has 15 heteroatoms. The van der Waals surface area contributed by atoms with Crippen molar-refractivity contribution in [2.24, 2.45) is 0 Å². The third kappa shape index (κ3) is 7.60. The maximum atomic E-state index is 13.8. The highest BCUT2D eigenvalue weighted by molar-refractivity contribution is 7.18. The summed E-state index contributed by atoms with van der Waals surface area (Å²) in [5.74, 6) is -2.17. The molecule has 2 heterocycles. The normalized spacial score (nSPS) is 15.3. The monoisotopic (exact) mass is 568 g/mol. The van der Waals surface area contributed by atoms with Crippen molar-refractivity contribution in [3.8, 4) is 0 Å². The number of carbonyl (C=O) groups excluding carboxylic acids is 3. The number of benzene rings is 1. The van der Waals surface area contributed by atoms with E-state index in [0.717, 1.165) is 27.2 Å². The van der Waals surface area contributed by atoms with Gasteiger partial charge in [-0.3, -0.25) is 19.3 Å². The summed E-state index contributed by atoms with van der Waals surface area (Å²) in [6.07, 6.45) is -7.68. The van der Waals surface area contributed by atoms with Gasteiger partial charge in [-0.05, 0) is 37.4 Å². The van der Waals surface area contributed by atoms with Gasteiger partial charge < -0.3 is 20.3 Å². The molecule has 1 saturated heterocycles. The summed E-state index contributed by atoms with van der Waals surface area (Å²) in [7, 11) is 1.22. The van der Waals surface area contributed by atoms with Gasteiger partial charge in [-0.15, -0.1) is 11.3 Å². The molecule has 0 spiro atoms. The lowest BCUT2D eigenvalue weighted by Crippen LogP contribution is -2.50. The van der Waals surface area contributed by atoms with E-state index in [1.807, 2.05) is 0 Å². The number of hydrogen-bond donors (Lipinski definition) is 2. The number of nitrogens with zero attached hydrogens (tertiary/aromatic N) is 2. The average Bonchev–Trinajstić information content (AvgIpc) is 3.25. The van der Waals surface area contributed by atoms with Crippen LogP contribution in [0.1, 0.15) is 15.2 Å². The van der Waals surface area contributed by atoms with E-state index in [2.05, 4.69) is 10.6 Å². The van der Waals surface area contributed by atoms with Gasteiger partial charge in [-0.1, -0.05) is 11.6 Å². The topological polar surface area (TPSA) is 91.0 Å². The number of amides is 3. The predicted molar refractivity (Wildman–Crippen MR) is 127 cm³/mol. The summed E-state index contributed by atoms with van der Waals surface area (Å²) in [5, 5.41) is 4.75. The van der Waals surface area contributed by atoms with Crippen molar-refractivity contribution < 1.29 is 41.1 Å². The smallest absolute Gasteiger partial charge is 0.370 e. The number of hydrogen-bond acceptors (Lipinski definition) is 6. The number of nitrogens with one attached hydrogen (secondary N) is 2. The van der Waals surface area contributed by atoms with Crippen LogP contribution in [0.4, 0.5) is 33.3 Å². The molecule has 2 N–H and O–H groups in total. The van der Waals surface area contributed by atoms with Crippen LogP contribution in [-0.2, 0) is 20.5 Å². The summed E-state index contributed by atoms with van der Waals surface area (Å²) in [6.45, 7) is -1.62. The molecule has 2 aromatic rings. The fourth-order valence-electron chi connectivity index (χ4n) is 3.58. The number of halogens is 6. The zero-order chi connectivity index (χ0) is 27.3. The number of alkyl halides is 5. The number of rotatable bonds is 9. The molecular formula is C22H22ClF5N4O4S. The highest BCUT2D eigenvalue weighted by Gasteiger charge is 2.37. The fraction of sp³-hybridized carbons (Fsp3) is 0.409. The largest absolute Gasteiger partial charge is 0.418 e. The first kappa shape index (κ1) is 28.8. The standard InChI is InChI=1S/C22H22ClF5N4O4S/c1-31(10-18(24)25)15(9-29-21(35)16-4-5-17(23)37-16)20(34)30-12-2-3-14(13(8-12)22(26,27)28)32-6-7-36-11-19(32)33/h2-5,8,15,18H,6-7,9-11H2,1H3,(H,29,35)(H,30,34)/t15-/m0/s1. The molecule has 1 aliphatic rings. The maximum Gasteiger partial charge on any atom is 0.418 e. The van der Waals surface area contributed by atoms with E-state index in [-0.39, 0.29) is 30.3 Å². The second kappa shape index (κ2) is 12.2. The molecule has 0 unspecified atom stereocenters. The maximum absolute atomic E-state index is 13.8. The van der Waals surface area contributed by atoms with Gasteiger partial charge in [0.1, 0.15) is 12.6 Å². The minimum absolute atomic E-state index is 0.0586. The van der Waals surface area contributed by atoms with Crippen LogP contribution in [0.15, 0.2) is 30.3 Å². The number of anilines is 2. The van der Waals surface area contributed by atoms with Crippen molar-refractivity contribution in [1.29, 1.82) is 0 Å². The number of thiophene rings is 1. The van der Waals surface area contributed by atoms with Crippen LogP contribution in [0.3, 0.4) is 0 Å². The summed E-state index contributed by atoms with van der Waals surface area (Å²) in [5.41, 5.74) is -1.83. The third-order valence-electron chi connectivity index (χ3n) is 5.36. The molecule has 1 aromatic carbocycles. The van der Waals surface area contributed by atoms with Gasteiger partial charge in [0.05, 0.1) is 33.6 Å². The van der Waals surface area contributed by atoms with E-state index in [1.54, 1.807) is 0 Å². The van der Waals surface area contributed by atoms with Gasteiger partial charge in [-0.25, -0.2) is 8.78 Å². The first-order valence-electron chi connectivity index (χ1n) is 10.8. The van der Waals surface area contributed by atoms with Crippen LogP contribution < -0.4 is 15.5 Å². The fourth-order valence-corrected chi connectivity index (χ4v) is 4.54. The lowest BCUT2D eigenvalue weighted by molar-refractivity contribution is -0.137. The second-order valence-corrected chi connectivity index (χ2v) is 9.69. The van der Waals surface area contributed by atoms with E-state index in [1.165, 1.54) is 25.2 Å². The lowest BCUT2D eigenvalue weighted by atomic mass is 10.1. The molecule has 0 aliphatic carbocycles. The van der Waals surface area contributed by atoms with Gasteiger partial charge in [0.25, 0.3) is 18.2 Å². The highest BCUT2D eigenvalue weighted by atomic mass is 35.5. The molecule has 3 amide bonds. The molecule has 37 heavy (non-hydrogen) atoms. The molecule has 202 valence electrons. The molecule has 1 aliphatic heterocycles. The summed E-state index contributed by atoms with van der Waals surface area (Å²) in [6, 6.07) is 4.46. The van der Waals surface area contributed by atoms with E-state index in [4.69, 9.17) is 16.3 Å². The average molecular weight is 569 g/mol. The van der Waals surface area contributed by atoms with E-state index < -0.39 is 60.7 Å². The van der Waals surface area contributed by atoms with E-state index in [9.17, 15) is 36.3 Å². The summed E-state index contributed by atoms with van der Waals surface area (Å²) in [4.78, 5) is 39.5. The number of morpholine rings is 1. The van der Waals surface area contributed by atoms with Crippen LogP contribution >= 0.6 is 22.9 Å². The predicted octanol–water partition coefficient (Wildman–Crippen LogP) is 3.72. The van der Waals surface area contributed by atoms with Crippen LogP contribution in [-0.4, -0.2) is 75.0 Å². The zero-order valence-corrected chi connectivity index (χ0v) is 20.9. The Balaban J connectivity index is 1.81. The highest BCUT2D eigenvalue weighted by Crippen LogP contribution is 2.38. The van der Waals surface area contributed by atoms with Gasteiger partial charge in [0.2, 0.25) is 5.91 Å². The van der Waals surface area contributed by atoms with Crippen molar-refractivity contribution in [2.75, 3.05) is 50.1 Å². The van der Waals surface area contributed by atoms with Crippen LogP contribution in [0.2, 0.25) is 4.34 Å². The summed E-state index contributed by atoms with van der Waals surface area (Å²) >= 11 is 6.78. The lowest BCUT2D eigenvalue weighted by Gasteiger charge is -2.30. The van der Waals surface area contributed by atoms with Crippen molar-refractivity contribution in [3.05, 3.63) is 45.1 Å². The van der Waals surface area contributed by atoms with Crippen LogP contribution in [0, 0.1) is 0 Å². The van der Waals surface area contributed by atoms with Crippen molar-refractivity contribution in [2.45, 2.75) is 18.6 Å². The molecule has 0 saturated carbocycles. The number of likely N-dealkylation sites (N-methyl/N-ethyl adjacent to an activating group) is 1. The molecule has 0 radical (unpaired) electrons. The first-order valence-corrected chi connectivity index (χ1v) is 12.0. The zero-order valence-electron chi connectivity index (χ0n) is 19.3. The Morgan fingerprint density at radius 3 is 2.57 bits per heavy atom. The Bertz CT molecular complexity index is 1150. The first-order chi connectivity index (χ1) is 17.4. The van der Waals surface area contributed by atoms with Crippen molar-refractivity contribution in [3.63, 3.8) is 0 Å². The Morgan fingerprint density at radius 1 is 1.24 bits per heavy atom. The minimum atomic E-state index is -4.86. The molecular weight excluding hydrogens is 547 g/mol. The Morgan fingerprint density at radius 2 is 1.97 bits per heavy atom. The molecule has 1 aromatic heterocycles. The van der Waals surface area contributed by atoms with Crippen molar-refractivity contribution in [1.82, 2.24) is 10.2 Å². The van der Waals surface area contributed by atoms with E-state index >= 15 is 0 Å². The molecule has 0 bridgehead atoms. The van der Waals surface area contributed by atoms with Crippen molar-refractivity contribution >= 4 is 52.0 Å². The number of ether oxygens (including phenoxy) is 1. The Kier molecular flexibility index (Phi) is 9.45. The SMILES string of the molecule is CN(CC(F)F)[C@@H](CNC(=O)c1ccc(Cl)s1)C(=O)Nc1ccc(N2CCOCC2=O)c(C(F)(F)F)c1. The van der Waals surface area contributed by atoms with Crippen LogP contribution in [0.5, 0.6) is 0 Å². The minimum Gasteiger partial charge on any atom is -0.370 e.